The molecule has 1 heterocycles. The molecular weight excluding hydrogens is 212 g/mol. The Morgan fingerprint density at radius 3 is 2.65 bits per heavy atom. The highest BCUT2D eigenvalue weighted by molar-refractivity contribution is 5.79. The van der Waals surface area contributed by atoms with Gasteiger partial charge in [0.2, 0.25) is 5.91 Å². The Balaban J connectivity index is 1.92. The maximum absolute atomic E-state index is 11.9. The van der Waals surface area contributed by atoms with Crippen LogP contribution in [0.4, 0.5) is 0 Å². The van der Waals surface area contributed by atoms with Crippen LogP contribution in [0, 0.1) is 19.8 Å². The molecule has 3 nitrogen and oxygen atoms in total. The van der Waals surface area contributed by atoms with Gasteiger partial charge in [-0.2, -0.15) is 0 Å². The molecule has 0 bridgehead atoms. The zero-order valence-electron chi connectivity index (χ0n) is 10.6. The largest absolute Gasteiger partial charge is 0.342 e. The molecule has 0 radical (unpaired) electrons. The van der Waals surface area contributed by atoms with E-state index < -0.39 is 0 Å². The molecule has 3 heteroatoms. The highest BCUT2D eigenvalue weighted by atomic mass is 16.2. The Morgan fingerprint density at radius 1 is 1.35 bits per heavy atom. The molecule has 1 amide bonds. The maximum atomic E-state index is 11.9. The first-order valence-electron chi connectivity index (χ1n) is 6.14. The van der Waals surface area contributed by atoms with Crippen molar-refractivity contribution in [3.63, 3.8) is 0 Å². The molecule has 1 fully saturated rings. The summed E-state index contributed by atoms with van der Waals surface area (Å²) in [5, 5.41) is 0. The van der Waals surface area contributed by atoms with Gasteiger partial charge < -0.3 is 10.6 Å². The molecule has 0 aromatic heterocycles. The normalized spacial score (nSPS) is 15.8. The van der Waals surface area contributed by atoms with Crippen molar-refractivity contribution >= 4 is 5.91 Å². The minimum absolute atomic E-state index is 0.220. The van der Waals surface area contributed by atoms with Crippen molar-refractivity contribution in [3.05, 3.63) is 34.9 Å². The molecule has 2 N–H and O–H groups in total. The smallest absolute Gasteiger partial charge is 0.227 e. The summed E-state index contributed by atoms with van der Waals surface area (Å²) in [6, 6.07) is 6.23. The molecule has 1 aromatic carbocycles. The fourth-order valence-electron chi connectivity index (χ4n) is 2.12. The van der Waals surface area contributed by atoms with Crippen LogP contribution in [-0.2, 0) is 11.2 Å². The number of nitrogens with two attached hydrogens (primary N) is 1. The lowest BCUT2D eigenvalue weighted by atomic mass is 9.98. The number of rotatable bonds is 3. The lowest BCUT2D eigenvalue weighted by Crippen LogP contribution is -2.53. The minimum Gasteiger partial charge on any atom is -0.342 e. The molecule has 2 rings (SSSR count). The number of hydrogen-bond donors (Lipinski definition) is 1. The van der Waals surface area contributed by atoms with Gasteiger partial charge in [0.15, 0.2) is 0 Å². The van der Waals surface area contributed by atoms with Crippen LogP contribution in [0.2, 0.25) is 0 Å². The van der Waals surface area contributed by atoms with E-state index in [4.69, 9.17) is 5.73 Å². The highest BCUT2D eigenvalue weighted by Gasteiger charge is 2.28. The van der Waals surface area contributed by atoms with Crippen molar-refractivity contribution < 1.29 is 4.79 Å². The van der Waals surface area contributed by atoms with Crippen LogP contribution in [0.15, 0.2) is 18.2 Å². The third-order valence-corrected chi connectivity index (χ3v) is 3.57. The molecule has 0 unspecified atom stereocenters. The van der Waals surface area contributed by atoms with E-state index in [0.717, 1.165) is 18.7 Å². The van der Waals surface area contributed by atoms with Gasteiger partial charge in [-0.3, -0.25) is 4.79 Å². The predicted molar refractivity (Wildman–Crippen MR) is 68.7 cm³/mol. The highest BCUT2D eigenvalue weighted by Crippen LogP contribution is 2.17. The van der Waals surface area contributed by atoms with Gasteiger partial charge in [0.25, 0.3) is 0 Å². The molecule has 0 spiro atoms. The van der Waals surface area contributed by atoms with Gasteiger partial charge in [0.1, 0.15) is 0 Å². The molecule has 92 valence electrons. The van der Waals surface area contributed by atoms with Crippen molar-refractivity contribution in [2.45, 2.75) is 20.3 Å². The predicted octanol–water partition coefficient (Wildman–Crippen LogP) is 1.26. The second kappa shape index (κ2) is 4.88. The molecule has 1 saturated heterocycles. The van der Waals surface area contributed by atoms with Gasteiger partial charge in [-0.1, -0.05) is 18.2 Å². The van der Waals surface area contributed by atoms with Crippen molar-refractivity contribution in [2.75, 3.05) is 19.6 Å². The summed E-state index contributed by atoms with van der Waals surface area (Å²) in [5.41, 5.74) is 9.17. The molecule has 0 saturated carbocycles. The second-order valence-corrected chi connectivity index (χ2v) is 5.00. The summed E-state index contributed by atoms with van der Waals surface area (Å²) in [4.78, 5) is 13.8. The molecular formula is C14H20N2O. The summed E-state index contributed by atoms with van der Waals surface area (Å²) in [7, 11) is 0. The van der Waals surface area contributed by atoms with Crippen molar-refractivity contribution in [1.29, 1.82) is 0 Å². The van der Waals surface area contributed by atoms with Crippen molar-refractivity contribution in [2.24, 2.45) is 11.7 Å². The maximum Gasteiger partial charge on any atom is 0.227 e. The van der Waals surface area contributed by atoms with Crippen LogP contribution >= 0.6 is 0 Å². The van der Waals surface area contributed by atoms with Crippen LogP contribution < -0.4 is 5.73 Å². The molecule has 1 aromatic rings. The van der Waals surface area contributed by atoms with Crippen LogP contribution in [-0.4, -0.2) is 30.4 Å². The summed E-state index contributed by atoms with van der Waals surface area (Å²) in [6.45, 7) is 6.52. The zero-order valence-corrected chi connectivity index (χ0v) is 10.6. The third kappa shape index (κ3) is 2.67. The van der Waals surface area contributed by atoms with Crippen LogP contribution in [0.5, 0.6) is 0 Å². The number of carbonyl (C=O) groups excluding carboxylic acids is 1. The molecule has 0 atom stereocenters. The molecule has 1 aliphatic rings. The topological polar surface area (TPSA) is 46.3 Å². The first-order valence-corrected chi connectivity index (χ1v) is 6.14. The van der Waals surface area contributed by atoms with E-state index in [1.54, 1.807) is 0 Å². The van der Waals surface area contributed by atoms with E-state index in [1.807, 2.05) is 11.0 Å². The second-order valence-electron chi connectivity index (χ2n) is 5.00. The van der Waals surface area contributed by atoms with Crippen molar-refractivity contribution in [1.82, 2.24) is 4.90 Å². The zero-order chi connectivity index (χ0) is 12.4. The van der Waals surface area contributed by atoms with Crippen LogP contribution in [0.1, 0.15) is 16.7 Å². The van der Waals surface area contributed by atoms with E-state index in [9.17, 15) is 4.79 Å². The first kappa shape index (κ1) is 12.1. The average molecular weight is 232 g/mol. The van der Waals surface area contributed by atoms with E-state index in [2.05, 4.69) is 26.0 Å². The summed E-state index contributed by atoms with van der Waals surface area (Å²) in [5.74, 6) is 0.733. The third-order valence-electron chi connectivity index (χ3n) is 3.57. The van der Waals surface area contributed by atoms with Gasteiger partial charge in [0.05, 0.1) is 6.42 Å². The van der Waals surface area contributed by atoms with Gasteiger partial charge in [-0.05, 0) is 37.1 Å². The quantitative estimate of drug-likeness (QED) is 0.853. The Kier molecular flexibility index (Phi) is 3.48. The standard InChI is InChI=1S/C14H20N2O/c1-10-3-4-12(5-11(10)2)6-14(17)16-8-13(7-15)9-16/h3-5,13H,6-9,15H2,1-2H3. The van der Waals surface area contributed by atoms with Gasteiger partial charge >= 0.3 is 0 Å². The molecule has 1 aliphatic heterocycles. The summed E-state index contributed by atoms with van der Waals surface area (Å²) in [6.07, 6.45) is 0.512. The number of aryl methyl sites for hydroxylation is 2. The van der Waals surface area contributed by atoms with E-state index in [1.165, 1.54) is 11.1 Å². The van der Waals surface area contributed by atoms with E-state index in [0.29, 0.717) is 18.9 Å². The van der Waals surface area contributed by atoms with Gasteiger partial charge in [-0.25, -0.2) is 0 Å². The number of amides is 1. The SMILES string of the molecule is Cc1ccc(CC(=O)N2CC(CN)C2)cc1C. The monoisotopic (exact) mass is 232 g/mol. The molecule has 17 heavy (non-hydrogen) atoms. The fourth-order valence-corrected chi connectivity index (χ4v) is 2.12. The summed E-state index contributed by atoms with van der Waals surface area (Å²) >= 11 is 0. The van der Waals surface area contributed by atoms with Crippen LogP contribution in [0.3, 0.4) is 0 Å². The number of carbonyl (C=O) groups is 1. The van der Waals surface area contributed by atoms with E-state index in [-0.39, 0.29) is 5.91 Å². The summed E-state index contributed by atoms with van der Waals surface area (Å²) < 4.78 is 0. The van der Waals surface area contributed by atoms with Gasteiger partial charge in [-0.15, -0.1) is 0 Å². The van der Waals surface area contributed by atoms with Gasteiger partial charge in [0, 0.05) is 19.0 Å². The fraction of sp³-hybridized carbons (Fsp3) is 0.500. The van der Waals surface area contributed by atoms with Crippen molar-refractivity contribution in [3.8, 4) is 0 Å². The Hall–Kier alpha value is -1.35. The number of hydrogen-bond acceptors (Lipinski definition) is 2. The Bertz CT molecular complexity index is 422. The van der Waals surface area contributed by atoms with Crippen LogP contribution in [0.25, 0.3) is 0 Å². The Labute approximate surface area is 103 Å². The Morgan fingerprint density at radius 2 is 2.06 bits per heavy atom. The van der Waals surface area contributed by atoms with E-state index >= 15 is 0 Å². The number of likely N-dealkylation sites (tertiary alicyclic amines) is 1. The average Bonchev–Trinajstić information content (AvgIpc) is 2.22. The number of nitrogens with zero attached hydrogens (tertiary/aromatic N) is 1. The lowest BCUT2D eigenvalue weighted by Gasteiger charge is -2.38. The number of benzene rings is 1. The molecule has 0 aliphatic carbocycles. The minimum atomic E-state index is 0.220. The lowest BCUT2D eigenvalue weighted by molar-refractivity contribution is -0.136. The first-order chi connectivity index (χ1) is 8.10.